The van der Waals surface area contributed by atoms with Gasteiger partial charge in [-0.2, -0.15) is 11.8 Å². The van der Waals surface area contributed by atoms with Gasteiger partial charge in [0, 0.05) is 42.6 Å². The molecule has 1 unspecified atom stereocenters. The number of nitrogens with zero attached hydrogens (tertiary/aromatic N) is 1. The molecule has 5 nitrogen and oxygen atoms in total. The van der Waals surface area contributed by atoms with Gasteiger partial charge in [0.2, 0.25) is 0 Å². The molecule has 0 spiro atoms. The first-order valence-corrected chi connectivity index (χ1v) is 9.57. The van der Waals surface area contributed by atoms with Crippen LogP contribution in [0, 0.1) is 0 Å². The number of rotatable bonds is 5. The number of sulfone groups is 1. The first kappa shape index (κ1) is 15.5. The third-order valence-corrected chi connectivity index (χ3v) is 5.88. The molecule has 1 fully saturated rings. The van der Waals surface area contributed by atoms with Gasteiger partial charge in [-0.3, -0.25) is 4.90 Å². The van der Waals surface area contributed by atoms with Crippen LogP contribution in [-0.2, 0) is 9.84 Å². The second-order valence-corrected chi connectivity index (χ2v) is 8.17. The monoisotopic (exact) mass is 316 g/mol. The molecule has 1 aromatic rings. The lowest BCUT2D eigenvalue weighted by molar-refractivity contribution is 0.206. The summed E-state index contributed by atoms with van der Waals surface area (Å²) in [7, 11) is -3.05. The third-order valence-electron chi connectivity index (χ3n) is 3.19. The molecule has 2 N–H and O–H groups in total. The Morgan fingerprint density at radius 1 is 1.50 bits per heavy atom. The van der Waals surface area contributed by atoms with Gasteiger partial charge >= 0.3 is 0 Å². The molecule has 1 atom stereocenters. The molecule has 1 heterocycles. The van der Waals surface area contributed by atoms with E-state index >= 15 is 0 Å². The van der Waals surface area contributed by atoms with E-state index in [-0.39, 0.29) is 0 Å². The molecule has 1 aromatic carbocycles. The first-order valence-electron chi connectivity index (χ1n) is 6.46. The summed E-state index contributed by atoms with van der Waals surface area (Å²) < 4.78 is 29.2. The van der Waals surface area contributed by atoms with Gasteiger partial charge in [-0.25, -0.2) is 8.42 Å². The molecule has 1 aliphatic rings. The van der Waals surface area contributed by atoms with Crippen LogP contribution in [0.1, 0.15) is 0 Å². The Labute approximate surface area is 124 Å². The fourth-order valence-electron chi connectivity index (χ4n) is 2.15. The van der Waals surface area contributed by atoms with Crippen molar-refractivity contribution in [3.63, 3.8) is 0 Å². The Balaban J connectivity index is 1.89. The SMILES string of the molecule is CS(=O)(=O)C1CSCCN1CCOc1cccc(N)c1. The lowest BCUT2D eigenvalue weighted by Gasteiger charge is -2.33. The Hall–Kier alpha value is -0.920. The number of ether oxygens (including phenoxy) is 1. The first-order chi connectivity index (χ1) is 9.47. The minimum atomic E-state index is -3.05. The molecular weight excluding hydrogens is 296 g/mol. The molecular formula is C13H20N2O3S2. The quantitative estimate of drug-likeness (QED) is 0.819. The van der Waals surface area contributed by atoms with Crippen molar-refractivity contribution in [3.05, 3.63) is 24.3 Å². The number of anilines is 1. The highest BCUT2D eigenvalue weighted by atomic mass is 32.2. The van der Waals surface area contributed by atoms with Gasteiger partial charge in [0.15, 0.2) is 9.84 Å². The minimum absolute atomic E-state index is 0.398. The van der Waals surface area contributed by atoms with Crippen LogP contribution in [0.4, 0.5) is 5.69 Å². The zero-order chi connectivity index (χ0) is 14.6. The Morgan fingerprint density at radius 2 is 2.30 bits per heavy atom. The summed E-state index contributed by atoms with van der Waals surface area (Å²) in [5.41, 5.74) is 6.34. The van der Waals surface area contributed by atoms with Crippen LogP contribution in [0.5, 0.6) is 5.75 Å². The number of benzene rings is 1. The van der Waals surface area contributed by atoms with Crippen molar-refractivity contribution < 1.29 is 13.2 Å². The second-order valence-electron chi connectivity index (χ2n) is 4.82. The molecule has 20 heavy (non-hydrogen) atoms. The van der Waals surface area contributed by atoms with E-state index in [1.165, 1.54) is 6.26 Å². The summed E-state index contributed by atoms with van der Waals surface area (Å²) in [6.07, 6.45) is 1.30. The van der Waals surface area contributed by atoms with Crippen molar-refractivity contribution >= 4 is 27.3 Å². The molecule has 0 aromatic heterocycles. The molecule has 0 bridgehead atoms. The summed E-state index contributed by atoms with van der Waals surface area (Å²) in [5.74, 6) is 2.31. The zero-order valence-corrected chi connectivity index (χ0v) is 13.1. The number of hydrogen-bond donors (Lipinski definition) is 1. The molecule has 0 radical (unpaired) electrons. The van der Waals surface area contributed by atoms with E-state index in [9.17, 15) is 8.42 Å². The van der Waals surface area contributed by atoms with Gasteiger partial charge in [-0.15, -0.1) is 0 Å². The molecule has 7 heteroatoms. The van der Waals surface area contributed by atoms with Crippen molar-refractivity contribution in [2.24, 2.45) is 0 Å². The Morgan fingerprint density at radius 3 is 3.00 bits per heavy atom. The molecule has 0 amide bonds. The van der Waals surface area contributed by atoms with E-state index < -0.39 is 15.2 Å². The zero-order valence-electron chi connectivity index (χ0n) is 11.5. The van der Waals surface area contributed by atoms with Gasteiger partial charge < -0.3 is 10.5 Å². The number of nitrogen functional groups attached to an aromatic ring is 1. The summed E-state index contributed by atoms with van der Waals surface area (Å²) in [4.78, 5) is 1.98. The van der Waals surface area contributed by atoms with Gasteiger partial charge in [0.05, 0.1) is 0 Å². The predicted octanol–water partition coefficient (Wildman–Crippen LogP) is 1.07. The fraction of sp³-hybridized carbons (Fsp3) is 0.538. The van der Waals surface area contributed by atoms with E-state index in [1.807, 2.05) is 17.0 Å². The van der Waals surface area contributed by atoms with Gasteiger partial charge in [0.25, 0.3) is 0 Å². The predicted molar refractivity (Wildman–Crippen MR) is 83.9 cm³/mol. The fourth-order valence-corrected chi connectivity index (χ4v) is 5.12. The highest BCUT2D eigenvalue weighted by Crippen LogP contribution is 2.20. The molecule has 112 valence electrons. The van der Waals surface area contributed by atoms with Crippen LogP contribution in [-0.4, -0.2) is 56.1 Å². The van der Waals surface area contributed by atoms with Crippen molar-refractivity contribution in [1.29, 1.82) is 0 Å². The minimum Gasteiger partial charge on any atom is -0.492 e. The van der Waals surface area contributed by atoms with E-state index in [1.54, 1.807) is 23.9 Å². The van der Waals surface area contributed by atoms with Gasteiger partial charge in [-0.05, 0) is 12.1 Å². The van der Waals surface area contributed by atoms with E-state index in [4.69, 9.17) is 10.5 Å². The summed E-state index contributed by atoms with van der Waals surface area (Å²) in [6, 6.07) is 7.24. The smallest absolute Gasteiger partial charge is 0.164 e. The maximum atomic E-state index is 11.8. The van der Waals surface area contributed by atoms with E-state index in [0.29, 0.717) is 30.3 Å². The van der Waals surface area contributed by atoms with Crippen molar-refractivity contribution in [2.45, 2.75) is 5.37 Å². The van der Waals surface area contributed by atoms with Crippen LogP contribution < -0.4 is 10.5 Å². The molecule has 1 aliphatic heterocycles. The average molecular weight is 316 g/mol. The average Bonchev–Trinajstić information content (AvgIpc) is 2.38. The number of nitrogens with two attached hydrogens (primary N) is 1. The third kappa shape index (κ3) is 4.29. The van der Waals surface area contributed by atoms with Crippen LogP contribution in [0.2, 0.25) is 0 Å². The standard InChI is InChI=1S/C13H20N2O3S2/c1-20(16,17)13-10-19-8-6-15(13)5-7-18-12-4-2-3-11(14)9-12/h2-4,9,13H,5-8,10,14H2,1H3. The summed E-state index contributed by atoms with van der Waals surface area (Å²) in [5, 5.41) is -0.398. The molecule has 1 saturated heterocycles. The number of thioether (sulfide) groups is 1. The Bertz CT molecular complexity index is 548. The Kier molecular flexibility index (Phi) is 5.17. The van der Waals surface area contributed by atoms with Gasteiger partial charge in [0.1, 0.15) is 17.7 Å². The summed E-state index contributed by atoms with van der Waals surface area (Å²) in [6.45, 7) is 1.84. The lowest BCUT2D eigenvalue weighted by Crippen LogP contribution is -2.48. The van der Waals surface area contributed by atoms with Crippen LogP contribution >= 0.6 is 11.8 Å². The topological polar surface area (TPSA) is 72.6 Å². The van der Waals surface area contributed by atoms with E-state index in [0.717, 1.165) is 12.3 Å². The second kappa shape index (κ2) is 6.69. The maximum absolute atomic E-state index is 11.8. The van der Waals surface area contributed by atoms with Crippen LogP contribution in [0.3, 0.4) is 0 Å². The van der Waals surface area contributed by atoms with E-state index in [2.05, 4.69) is 0 Å². The normalized spacial score (nSPS) is 20.8. The summed E-state index contributed by atoms with van der Waals surface area (Å²) >= 11 is 1.69. The highest BCUT2D eigenvalue weighted by Gasteiger charge is 2.30. The van der Waals surface area contributed by atoms with Crippen LogP contribution in [0.15, 0.2) is 24.3 Å². The van der Waals surface area contributed by atoms with Crippen molar-refractivity contribution in [3.8, 4) is 5.75 Å². The molecule has 0 saturated carbocycles. The maximum Gasteiger partial charge on any atom is 0.164 e. The van der Waals surface area contributed by atoms with Crippen molar-refractivity contribution in [2.75, 3.05) is 43.2 Å². The van der Waals surface area contributed by atoms with Crippen molar-refractivity contribution in [1.82, 2.24) is 4.90 Å². The highest BCUT2D eigenvalue weighted by molar-refractivity contribution is 8.00. The number of hydrogen-bond acceptors (Lipinski definition) is 6. The molecule has 2 rings (SSSR count). The molecule has 0 aliphatic carbocycles. The lowest BCUT2D eigenvalue weighted by atomic mass is 10.3. The van der Waals surface area contributed by atoms with Crippen LogP contribution in [0.25, 0.3) is 0 Å². The van der Waals surface area contributed by atoms with Gasteiger partial charge in [-0.1, -0.05) is 6.07 Å². The largest absolute Gasteiger partial charge is 0.492 e.